The van der Waals surface area contributed by atoms with Gasteiger partial charge in [-0.3, -0.25) is 4.72 Å². The lowest BCUT2D eigenvalue weighted by Gasteiger charge is -2.12. The fourth-order valence-electron chi connectivity index (χ4n) is 1.38. The molecule has 5 nitrogen and oxygen atoms in total. The van der Waals surface area contributed by atoms with E-state index in [4.69, 9.17) is 10.5 Å². The lowest BCUT2D eigenvalue weighted by atomic mass is 10.2. The van der Waals surface area contributed by atoms with Crippen molar-refractivity contribution in [2.75, 3.05) is 22.8 Å². The van der Waals surface area contributed by atoms with Gasteiger partial charge in [-0.2, -0.15) is 0 Å². The number of nitrogens with one attached hydrogen (secondary N) is 1. The molecular formula is C12H19BrN2O3S. The van der Waals surface area contributed by atoms with Gasteiger partial charge >= 0.3 is 0 Å². The first-order valence-corrected chi connectivity index (χ1v) is 8.33. The maximum atomic E-state index is 11.9. The topological polar surface area (TPSA) is 81.4 Å². The predicted molar refractivity (Wildman–Crippen MR) is 81.8 cm³/mol. The van der Waals surface area contributed by atoms with Gasteiger partial charge in [0.25, 0.3) is 0 Å². The molecule has 1 aromatic carbocycles. The van der Waals surface area contributed by atoms with Gasteiger partial charge in [-0.15, -0.1) is 0 Å². The first kappa shape index (κ1) is 16.3. The summed E-state index contributed by atoms with van der Waals surface area (Å²) in [6.45, 7) is 5.73. The van der Waals surface area contributed by atoms with Crippen LogP contribution in [0.5, 0.6) is 0 Å². The average molecular weight is 351 g/mol. The van der Waals surface area contributed by atoms with Crippen LogP contribution in [0.3, 0.4) is 0 Å². The van der Waals surface area contributed by atoms with E-state index in [1.807, 2.05) is 20.8 Å². The summed E-state index contributed by atoms with van der Waals surface area (Å²) < 4.78 is 32.1. The van der Waals surface area contributed by atoms with Crippen LogP contribution in [0, 0.1) is 6.92 Å². The van der Waals surface area contributed by atoms with E-state index in [0.29, 0.717) is 15.8 Å². The summed E-state index contributed by atoms with van der Waals surface area (Å²) in [5, 5.41) is 0. The Morgan fingerprint density at radius 1 is 1.42 bits per heavy atom. The van der Waals surface area contributed by atoms with E-state index < -0.39 is 10.0 Å². The minimum absolute atomic E-state index is 0.0111. The maximum absolute atomic E-state index is 11.9. The molecule has 0 aliphatic heterocycles. The normalized spacial score (nSPS) is 11.8. The molecule has 0 amide bonds. The lowest BCUT2D eigenvalue weighted by Crippen LogP contribution is -2.21. The molecule has 0 aliphatic carbocycles. The number of anilines is 2. The van der Waals surface area contributed by atoms with Crippen LogP contribution in [0.1, 0.15) is 19.4 Å². The highest BCUT2D eigenvalue weighted by molar-refractivity contribution is 9.10. The molecule has 0 bridgehead atoms. The third-order valence-electron chi connectivity index (χ3n) is 2.42. The molecule has 0 fully saturated rings. The first-order chi connectivity index (χ1) is 8.71. The van der Waals surface area contributed by atoms with Crippen molar-refractivity contribution in [3.8, 4) is 0 Å². The number of benzene rings is 1. The molecule has 7 heteroatoms. The molecule has 0 unspecified atom stereocenters. The number of sulfonamides is 1. The summed E-state index contributed by atoms with van der Waals surface area (Å²) in [7, 11) is -3.44. The number of nitrogens with two attached hydrogens (primary N) is 1. The monoisotopic (exact) mass is 350 g/mol. The van der Waals surface area contributed by atoms with E-state index in [1.165, 1.54) is 0 Å². The fraction of sp³-hybridized carbons (Fsp3) is 0.500. The van der Waals surface area contributed by atoms with E-state index in [0.717, 1.165) is 5.56 Å². The van der Waals surface area contributed by atoms with Gasteiger partial charge in [0.05, 0.1) is 24.2 Å². The number of rotatable bonds is 6. The van der Waals surface area contributed by atoms with Crippen LogP contribution in [-0.4, -0.2) is 26.9 Å². The first-order valence-electron chi connectivity index (χ1n) is 5.89. The van der Waals surface area contributed by atoms with Gasteiger partial charge in [0, 0.05) is 10.2 Å². The summed E-state index contributed by atoms with van der Waals surface area (Å²) in [6, 6.07) is 3.37. The summed E-state index contributed by atoms with van der Waals surface area (Å²) in [5.74, 6) is -0.0919. The highest BCUT2D eigenvalue weighted by Crippen LogP contribution is 2.28. The minimum atomic E-state index is -3.44. The Hall–Kier alpha value is -0.790. The average Bonchev–Trinajstić information content (AvgIpc) is 2.24. The SMILES string of the molecule is Cc1cc(Br)c(NS(=O)(=O)CCOC(C)C)cc1N. The van der Waals surface area contributed by atoms with Crippen molar-refractivity contribution in [2.45, 2.75) is 26.9 Å². The highest BCUT2D eigenvalue weighted by Gasteiger charge is 2.13. The second-order valence-corrected chi connectivity index (χ2v) is 7.23. The van der Waals surface area contributed by atoms with Crippen molar-refractivity contribution in [3.63, 3.8) is 0 Å². The van der Waals surface area contributed by atoms with Crippen molar-refractivity contribution in [2.24, 2.45) is 0 Å². The summed E-state index contributed by atoms with van der Waals surface area (Å²) in [4.78, 5) is 0. The lowest BCUT2D eigenvalue weighted by molar-refractivity contribution is 0.0913. The molecule has 1 aromatic rings. The summed E-state index contributed by atoms with van der Waals surface area (Å²) in [6.07, 6.45) is 0.0111. The van der Waals surface area contributed by atoms with Crippen LogP contribution < -0.4 is 10.5 Å². The van der Waals surface area contributed by atoms with Crippen LogP contribution in [0.4, 0.5) is 11.4 Å². The van der Waals surface area contributed by atoms with E-state index in [2.05, 4.69) is 20.7 Å². The molecule has 0 spiro atoms. The van der Waals surface area contributed by atoms with Gasteiger partial charge in [0.2, 0.25) is 10.0 Å². The Labute approximate surface area is 122 Å². The van der Waals surface area contributed by atoms with Crippen LogP contribution in [0.2, 0.25) is 0 Å². The predicted octanol–water partition coefficient (Wildman–Crippen LogP) is 2.51. The summed E-state index contributed by atoms with van der Waals surface area (Å²) >= 11 is 3.31. The van der Waals surface area contributed by atoms with Crippen LogP contribution in [-0.2, 0) is 14.8 Å². The zero-order valence-electron chi connectivity index (χ0n) is 11.2. The second-order valence-electron chi connectivity index (χ2n) is 4.53. The number of hydrogen-bond donors (Lipinski definition) is 2. The van der Waals surface area contributed by atoms with Crippen molar-refractivity contribution in [1.82, 2.24) is 0 Å². The van der Waals surface area contributed by atoms with E-state index >= 15 is 0 Å². The van der Waals surface area contributed by atoms with Gasteiger partial charge in [-0.1, -0.05) is 0 Å². The Morgan fingerprint density at radius 3 is 2.63 bits per heavy atom. The smallest absolute Gasteiger partial charge is 0.235 e. The Balaban J connectivity index is 2.76. The Bertz CT molecular complexity index is 544. The quantitative estimate of drug-likeness (QED) is 0.772. The zero-order chi connectivity index (χ0) is 14.6. The van der Waals surface area contributed by atoms with Crippen LogP contribution in [0.15, 0.2) is 16.6 Å². The van der Waals surface area contributed by atoms with Crippen molar-refractivity contribution in [1.29, 1.82) is 0 Å². The third-order valence-corrected chi connectivity index (χ3v) is 4.32. The van der Waals surface area contributed by atoms with Gasteiger partial charge < -0.3 is 10.5 Å². The molecule has 0 radical (unpaired) electrons. The number of aryl methyl sites for hydroxylation is 1. The number of hydrogen-bond acceptors (Lipinski definition) is 4. The molecule has 0 aromatic heterocycles. The molecule has 19 heavy (non-hydrogen) atoms. The zero-order valence-corrected chi connectivity index (χ0v) is 13.6. The molecule has 3 N–H and O–H groups in total. The molecule has 0 aliphatic rings. The highest BCUT2D eigenvalue weighted by atomic mass is 79.9. The molecule has 1 rings (SSSR count). The molecule has 0 atom stereocenters. The molecule has 108 valence electrons. The van der Waals surface area contributed by atoms with Gasteiger partial charge in [0.1, 0.15) is 0 Å². The van der Waals surface area contributed by atoms with Crippen LogP contribution in [0.25, 0.3) is 0 Å². The Morgan fingerprint density at radius 2 is 2.05 bits per heavy atom. The van der Waals surface area contributed by atoms with Crippen molar-refractivity contribution >= 4 is 37.3 Å². The number of halogens is 1. The molecule has 0 heterocycles. The van der Waals surface area contributed by atoms with E-state index in [9.17, 15) is 8.42 Å². The standard InChI is InChI=1S/C12H19BrN2O3S/c1-8(2)18-4-5-19(16,17)15-12-7-11(14)9(3)6-10(12)13/h6-8,15H,4-5,14H2,1-3H3. The van der Waals surface area contributed by atoms with Gasteiger partial charge in [-0.25, -0.2) is 8.42 Å². The second kappa shape index (κ2) is 6.58. The molecule has 0 saturated heterocycles. The summed E-state index contributed by atoms with van der Waals surface area (Å²) in [5.41, 5.74) is 7.63. The largest absolute Gasteiger partial charge is 0.398 e. The van der Waals surface area contributed by atoms with Gasteiger partial charge in [0.15, 0.2) is 0 Å². The van der Waals surface area contributed by atoms with Crippen molar-refractivity contribution < 1.29 is 13.2 Å². The molecule has 0 saturated carbocycles. The van der Waals surface area contributed by atoms with E-state index in [1.54, 1.807) is 12.1 Å². The maximum Gasteiger partial charge on any atom is 0.235 e. The number of ether oxygens (including phenoxy) is 1. The van der Waals surface area contributed by atoms with Crippen LogP contribution >= 0.6 is 15.9 Å². The Kier molecular flexibility index (Phi) is 5.64. The van der Waals surface area contributed by atoms with E-state index in [-0.39, 0.29) is 18.5 Å². The number of nitrogen functional groups attached to an aromatic ring is 1. The minimum Gasteiger partial charge on any atom is -0.398 e. The van der Waals surface area contributed by atoms with Crippen molar-refractivity contribution in [3.05, 3.63) is 22.2 Å². The third kappa shape index (κ3) is 5.38. The fourth-order valence-corrected chi connectivity index (χ4v) is 2.99. The van der Waals surface area contributed by atoms with Gasteiger partial charge in [-0.05, 0) is 54.4 Å². The molecular weight excluding hydrogens is 332 g/mol.